The van der Waals surface area contributed by atoms with Crippen molar-refractivity contribution in [1.29, 1.82) is 0 Å². The molecule has 0 aliphatic heterocycles. The maximum Gasteiger partial charge on any atom is 0.405 e. The van der Waals surface area contributed by atoms with Crippen LogP contribution in [0.2, 0.25) is 0 Å². The summed E-state index contributed by atoms with van der Waals surface area (Å²) in [7, 11) is 0. The Balaban J connectivity index is 1.43. The van der Waals surface area contributed by atoms with E-state index >= 15 is 0 Å². The van der Waals surface area contributed by atoms with Crippen LogP contribution in [0.25, 0.3) is 21.8 Å². The van der Waals surface area contributed by atoms with E-state index in [0.717, 1.165) is 52.2 Å². The van der Waals surface area contributed by atoms with Gasteiger partial charge in [0, 0.05) is 53.6 Å². The molecule has 2 heterocycles. The molecule has 0 radical (unpaired) electrons. The van der Waals surface area contributed by atoms with Crippen LogP contribution in [0.15, 0.2) is 60.9 Å². The molecule has 3 amide bonds. The number of aromatic nitrogens is 2. The van der Waals surface area contributed by atoms with E-state index in [1.165, 1.54) is 32.1 Å². The standard InChI is InChI=1S/C33H43N5O4/c1-2-3-4-5-6-7-8-13-18-34-31(39)29(19-23-21-35-27-16-11-9-14-25(23)27)37-32(40)30(38-33(41)42)20-24-22-36-28-17-12-10-15-26(24)28/h9-12,14-17,21-22,29-30,35-36,38H,2-8,13,18-20H2,1H3,(H,34,39)(H,37,40)(H,41,42). The van der Waals surface area contributed by atoms with Gasteiger partial charge in [-0.1, -0.05) is 88.3 Å². The molecule has 0 fully saturated rings. The third kappa shape index (κ3) is 8.61. The van der Waals surface area contributed by atoms with Crippen LogP contribution in [0.5, 0.6) is 0 Å². The molecule has 0 spiro atoms. The number of fused-ring (bicyclic) bond motifs is 2. The number of hydrogen-bond donors (Lipinski definition) is 6. The van der Waals surface area contributed by atoms with Gasteiger partial charge >= 0.3 is 6.09 Å². The first-order chi connectivity index (χ1) is 20.5. The lowest BCUT2D eigenvalue weighted by Gasteiger charge is -2.22. The van der Waals surface area contributed by atoms with E-state index in [4.69, 9.17) is 0 Å². The summed E-state index contributed by atoms with van der Waals surface area (Å²) < 4.78 is 0. The van der Waals surface area contributed by atoms with E-state index in [9.17, 15) is 19.5 Å². The molecule has 224 valence electrons. The minimum atomic E-state index is -1.30. The van der Waals surface area contributed by atoms with Crippen molar-refractivity contribution in [2.75, 3.05) is 6.54 Å². The van der Waals surface area contributed by atoms with Gasteiger partial charge < -0.3 is 31.0 Å². The molecule has 42 heavy (non-hydrogen) atoms. The average molecular weight is 574 g/mol. The molecule has 0 aliphatic carbocycles. The largest absolute Gasteiger partial charge is 0.465 e. The van der Waals surface area contributed by atoms with Gasteiger partial charge in [0.25, 0.3) is 0 Å². The molecule has 6 N–H and O–H groups in total. The number of carbonyl (C=O) groups excluding carboxylic acids is 2. The van der Waals surface area contributed by atoms with E-state index in [2.05, 4.69) is 32.8 Å². The molecule has 0 aliphatic rings. The average Bonchev–Trinajstić information content (AvgIpc) is 3.59. The highest BCUT2D eigenvalue weighted by molar-refractivity contribution is 5.93. The van der Waals surface area contributed by atoms with Crippen molar-refractivity contribution in [2.24, 2.45) is 0 Å². The van der Waals surface area contributed by atoms with Crippen molar-refractivity contribution >= 4 is 39.7 Å². The first kappa shape index (κ1) is 30.7. The molecule has 0 bridgehead atoms. The van der Waals surface area contributed by atoms with E-state index in [1.807, 2.05) is 54.7 Å². The molecular formula is C33H43N5O4. The second-order valence-electron chi connectivity index (χ2n) is 11.0. The zero-order chi connectivity index (χ0) is 29.7. The molecule has 2 aromatic heterocycles. The molecule has 4 rings (SSSR count). The fourth-order valence-corrected chi connectivity index (χ4v) is 5.47. The van der Waals surface area contributed by atoms with E-state index in [1.54, 1.807) is 6.20 Å². The van der Waals surface area contributed by atoms with E-state index < -0.39 is 24.1 Å². The second-order valence-corrected chi connectivity index (χ2v) is 11.0. The molecular weight excluding hydrogens is 530 g/mol. The van der Waals surface area contributed by atoms with Crippen molar-refractivity contribution in [2.45, 2.75) is 83.2 Å². The summed E-state index contributed by atoms with van der Waals surface area (Å²) in [6.07, 6.45) is 12.1. The molecule has 4 aromatic rings. The number of amides is 3. The number of hydrogen-bond acceptors (Lipinski definition) is 3. The predicted molar refractivity (Wildman–Crippen MR) is 167 cm³/mol. The minimum Gasteiger partial charge on any atom is -0.465 e. The highest BCUT2D eigenvalue weighted by atomic mass is 16.4. The fourth-order valence-electron chi connectivity index (χ4n) is 5.47. The Morgan fingerprint density at radius 3 is 1.74 bits per heavy atom. The van der Waals surface area contributed by atoms with Gasteiger partial charge in [-0.15, -0.1) is 0 Å². The topological polar surface area (TPSA) is 139 Å². The molecule has 2 unspecified atom stereocenters. The van der Waals surface area contributed by atoms with E-state index in [-0.39, 0.29) is 18.7 Å². The number of carboxylic acid groups (broad SMARTS) is 1. The number of carbonyl (C=O) groups is 3. The Morgan fingerprint density at radius 1 is 0.690 bits per heavy atom. The highest BCUT2D eigenvalue weighted by Crippen LogP contribution is 2.21. The fraction of sp³-hybridized carbons (Fsp3) is 0.424. The van der Waals surface area contributed by atoms with Crippen molar-refractivity contribution in [3.05, 3.63) is 72.1 Å². The summed E-state index contributed by atoms with van der Waals surface area (Å²) in [5, 5.41) is 19.6. The van der Waals surface area contributed by atoms with Crippen molar-refractivity contribution in [3.8, 4) is 0 Å². The third-order valence-electron chi connectivity index (χ3n) is 7.77. The van der Waals surface area contributed by atoms with Gasteiger partial charge in [-0.25, -0.2) is 4.79 Å². The number of nitrogens with one attached hydrogen (secondary N) is 5. The van der Waals surface area contributed by atoms with Crippen LogP contribution < -0.4 is 16.0 Å². The van der Waals surface area contributed by atoms with Gasteiger partial charge in [-0.2, -0.15) is 0 Å². The van der Waals surface area contributed by atoms with Crippen molar-refractivity contribution in [1.82, 2.24) is 25.9 Å². The maximum atomic E-state index is 13.5. The van der Waals surface area contributed by atoms with Gasteiger partial charge in [-0.3, -0.25) is 9.59 Å². The number of unbranched alkanes of at least 4 members (excludes halogenated alkanes) is 7. The van der Waals surface area contributed by atoms with Gasteiger partial charge in [0.15, 0.2) is 0 Å². The molecule has 9 nitrogen and oxygen atoms in total. The summed E-state index contributed by atoms with van der Waals surface area (Å²) in [5.41, 5.74) is 3.56. The Kier molecular flexibility index (Phi) is 11.4. The number of para-hydroxylation sites is 2. The first-order valence-electron chi connectivity index (χ1n) is 15.1. The van der Waals surface area contributed by atoms with Crippen molar-refractivity contribution in [3.63, 3.8) is 0 Å². The van der Waals surface area contributed by atoms with Crippen LogP contribution in [0.3, 0.4) is 0 Å². The molecule has 9 heteroatoms. The zero-order valence-corrected chi connectivity index (χ0v) is 24.4. The predicted octanol–water partition coefficient (Wildman–Crippen LogP) is 5.81. The smallest absolute Gasteiger partial charge is 0.405 e. The monoisotopic (exact) mass is 573 g/mol. The van der Waals surface area contributed by atoms with E-state index in [0.29, 0.717) is 6.54 Å². The van der Waals surface area contributed by atoms with Crippen LogP contribution in [-0.2, 0) is 22.4 Å². The highest BCUT2D eigenvalue weighted by Gasteiger charge is 2.28. The Labute approximate surface area is 246 Å². The van der Waals surface area contributed by atoms with Crippen LogP contribution in [-0.4, -0.2) is 51.6 Å². The Hall–Kier alpha value is -4.27. The minimum absolute atomic E-state index is 0.141. The van der Waals surface area contributed by atoms with Crippen LogP contribution in [0.1, 0.15) is 69.4 Å². The summed E-state index contributed by atoms with van der Waals surface area (Å²) in [5.74, 6) is -0.826. The van der Waals surface area contributed by atoms with Crippen LogP contribution in [0.4, 0.5) is 4.79 Å². The molecule has 0 saturated carbocycles. The number of aromatic amines is 2. The first-order valence-corrected chi connectivity index (χ1v) is 15.1. The van der Waals surface area contributed by atoms with Gasteiger partial charge in [-0.05, 0) is 29.7 Å². The number of benzene rings is 2. The Bertz CT molecular complexity index is 1460. The van der Waals surface area contributed by atoms with Gasteiger partial charge in [0.2, 0.25) is 11.8 Å². The van der Waals surface area contributed by atoms with Crippen LogP contribution >= 0.6 is 0 Å². The van der Waals surface area contributed by atoms with Crippen LogP contribution in [0, 0.1) is 0 Å². The second kappa shape index (κ2) is 15.7. The zero-order valence-electron chi connectivity index (χ0n) is 24.4. The lowest BCUT2D eigenvalue weighted by atomic mass is 10.0. The molecule has 2 atom stereocenters. The van der Waals surface area contributed by atoms with Gasteiger partial charge in [0.1, 0.15) is 12.1 Å². The lowest BCUT2D eigenvalue weighted by Crippen LogP contribution is -2.55. The van der Waals surface area contributed by atoms with Gasteiger partial charge in [0.05, 0.1) is 0 Å². The number of rotatable bonds is 17. The maximum absolute atomic E-state index is 13.5. The third-order valence-corrected chi connectivity index (χ3v) is 7.77. The van der Waals surface area contributed by atoms with Crippen molar-refractivity contribution < 1.29 is 19.5 Å². The summed E-state index contributed by atoms with van der Waals surface area (Å²) in [4.78, 5) is 45.0. The number of H-pyrrole nitrogens is 2. The Morgan fingerprint density at radius 2 is 1.19 bits per heavy atom. The molecule has 0 saturated heterocycles. The summed E-state index contributed by atoms with van der Waals surface area (Å²) in [6.45, 7) is 2.74. The quantitative estimate of drug-likeness (QED) is 0.0887. The normalized spacial score (nSPS) is 12.7. The SMILES string of the molecule is CCCCCCCCCCNC(=O)C(Cc1c[nH]c2ccccc12)NC(=O)C(Cc1c[nH]c2ccccc12)NC(=O)O. The summed E-state index contributed by atoms with van der Waals surface area (Å²) in [6, 6.07) is 13.5. The summed E-state index contributed by atoms with van der Waals surface area (Å²) >= 11 is 0. The molecule has 2 aromatic carbocycles. The lowest BCUT2D eigenvalue weighted by molar-refractivity contribution is -0.129.